The fraction of sp³-hybridized carbons (Fsp3) is 0.381. The number of amides is 1. The molecule has 0 unspecified atom stereocenters. The molecule has 1 heterocycles. The third-order valence-electron chi connectivity index (χ3n) is 4.91. The van der Waals surface area contributed by atoms with E-state index in [1.54, 1.807) is 14.2 Å². The van der Waals surface area contributed by atoms with Gasteiger partial charge in [0.2, 0.25) is 5.91 Å². The van der Waals surface area contributed by atoms with Crippen LogP contribution >= 0.6 is 0 Å². The van der Waals surface area contributed by atoms with E-state index in [9.17, 15) is 13.6 Å². The molecule has 0 aliphatic carbocycles. The van der Waals surface area contributed by atoms with Gasteiger partial charge in [-0.05, 0) is 29.8 Å². The fourth-order valence-corrected chi connectivity index (χ4v) is 3.34. The van der Waals surface area contributed by atoms with Crippen molar-refractivity contribution in [1.82, 2.24) is 9.80 Å². The summed E-state index contributed by atoms with van der Waals surface area (Å²) in [5.74, 6) is -0.599. The summed E-state index contributed by atoms with van der Waals surface area (Å²) in [7, 11) is 3.21. The Kier molecular flexibility index (Phi) is 7.00. The Morgan fingerprint density at radius 1 is 0.966 bits per heavy atom. The molecule has 0 atom stereocenters. The maximum Gasteiger partial charge on any atom is 0.238 e. The smallest absolute Gasteiger partial charge is 0.238 e. The lowest BCUT2D eigenvalue weighted by Gasteiger charge is -2.34. The largest absolute Gasteiger partial charge is 0.493 e. The average Bonchev–Trinajstić information content (AvgIpc) is 2.72. The molecule has 1 amide bonds. The van der Waals surface area contributed by atoms with Crippen molar-refractivity contribution < 1.29 is 23.0 Å². The SMILES string of the molecule is COc1ccc(CN2CCN(CC(=O)Nc3c(F)cccc3F)CC2)cc1OC. The zero-order valence-electron chi connectivity index (χ0n) is 16.6. The van der Waals surface area contributed by atoms with Gasteiger partial charge in [0, 0.05) is 32.7 Å². The summed E-state index contributed by atoms with van der Waals surface area (Å²) in [4.78, 5) is 16.4. The summed E-state index contributed by atoms with van der Waals surface area (Å²) in [5.41, 5.74) is 0.716. The number of para-hydroxylation sites is 1. The van der Waals surface area contributed by atoms with Crippen LogP contribution in [0.25, 0.3) is 0 Å². The molecule has 2 aromatic rings. The number of carbonyl (C=O) groups is 1. The highest BCUT2D eigenvalue weighted by Crippen LogP contribution is 2.28. The second-order valence-electron chi connectivity index (χ2n) is 6.89. The molecule has 1 N–H and O–H groups in total. The lowest BCUT2D eigenvalue weighted by molar-refractivity contribution is -0.117. The number of ether oxygens (including phenoxy) is 2. The first-order chi connectivity index (χ1) is 14.0. The number of nitrogens with one attached hydrogen (secondary N) is 1. The Balaban J connectivity index is 1.48. The Bertz CT molecular complexity index is 835. The highest BCUT2D eigenvalue weighted by molar-refractivity contribution is 5.92. The number of methoxy groups -OCH3 is 2. The molecule has 29 heavy (non-hydrogen) atoms. The average molecular weight is 405 g/mol. The van der Waals surface area contributed by atoms with Crippen LogP contribution in [0.15, 0.2) is 36.4 Å². The van der Waals surface area contributed by atoms with Gasteiger partial charge in [0.1, 0.15) is 17.3 Å². The van der Waals surface area contributed by atoms with Crippen molar-refractivity contribution in [3.63, 3.8) is 0 Å². The second kappa shape index (κ2) is 9.67. The number of nitrogens with zero attached hydrogens (tertiary/aromatic N) is 2. The second-order valence-corrected chi connectivity index (χ2v) is 6.89. The molecule has 0 radical (unpaired) electrons. The van der Waals surface area contributed by atoms with Gasteiger partial charge in [0.25, 0.3) is 0 Å². The van der Waals surface area contributed by atoms with Crippen LogP contribution in [-0.2, 0) is 11.3 Å². The first-order valence-electron chi connectivity index (χ1n) is 9.39. The van der Waals surface area contributed by atoms with Crippen molar-refractivity contribution in [2.24, 2.45) is 0 Å². The zero-order valence-corrected chi connectivity index (χ0v) is 16.6. The van der Waals surface area contributed by atoms with Crippen LogP contribution in [0.3, 0.4) is 0 Å². The first kappa shape index (κ1) is 21.0. The fourth-order valence-electron chi connectivity index (χ4n) is 3.34. The lowest BCUT2D eigenvalue weighted by atomic mass is 10.1. The van der Waals surface area contributed by atoms with Crippen molar-refractivity contribution in [3.8, 4) is 11.5 Å². The third kappa shape index (κ3) is 5.42. The van der Waals surface area contributed by atoms with E-state index in [2.05, 4.69) is 10.2 Å². The van der Waals surface area contributed by atoms with Gasteiger partial charge in [0.15, 0.2) is 11.5 Å². The molecular weight excluding hydrogens is 380 g/mol. The number of carbonyl (C=O) groups excluding carboxylic acids is 1. The van der Waals surface area contributed by atoms with Crippen molar-refractivity contribution in [3.05, 3.63) is 53.6 Å². The van der Waals surface area contributed by atoms with Gasteiger partial charge in [-0.15, -0.1) is 0 Å². The van der Waals surface area contributed by atoms with Crippen LogP contribution < -0.4 is 14.8 Å². The van der Waals surface area contributed by atoms with Crippen molar-refractivity contribution in [2.45, 2.75) is 6.54 Å². The van der Waals surface area contributed by atoms with Crippen molar-refractivity contribution >= 4 is 11.6 Å². The minimum atomic E-state index is -0.780. The van der Waals surface area contributed by atoms with Crippen LogP contribution in [0, 0.1) is 11.6 Å². The molecule has 2 aromatic carbocycles. The third-order valence-corrected chi connectivity index (χ3v) is 4.91. The number of anilines is 1. The molecule has 0 saturated carbocycles. The van der Waals surface area contributed by atoms with Gasteiger partial charge in [0.05, 0.1) is 20.8 Å². The van der Waals surface area contributed by atoms with Gasteiger partial charge < -0.3 is 14.8 Å². The maximum absolute atomic E-state index is 13.7. The number of hydrogen-bond acceptors (Lipinski definition) is 5. The molecule has 6 nitrogen and oxygen atoms in total. The summed E-state index contributed by atoms with van der Waals surface area (Å²) >= 11 is 0. The van der Waals surface area contributed by atoms with E-state index < -0.39 is 23.2 Å². The number of benzene rings is 2. The Morgan fingerprint density at radius 2 is 1.59 bits per heavy atom. The van der Waals surface area contributed by atoms with Crippen LogP contribution in [0.5, 0.6) is 11.5 Å². The zero-order chi connectivity index (χ0) is 20.8. The molecule has 156 valence electrons. The summed E-state index contributed by atoms with van der Waals surface area (Å²) in [5, 5.41) is 2.33. The monoisotopic (exact) mass is 405 g/mol. The van der Waals surface area contributed by atoms with E-state index in [0.717, 1.165) is 37.3 Å². The van der Waals surface area contributed by atoms with Gasteiger partial charge in [-0.3, -0.25) is 14.6 Å². The molecule has 1 aliphatic rings. The van der Waals surface area contributed by atoms with E-state index in [1.807, 2.05) is 23.1 Å². The summed E-state index contributed by atoms with van der Waals surface area (Å²) in [6, 6.07) is 9.34. The molecule has 1 fully saturated rings. The highest BCUT2D eigenvalue weighted by Gasteiger charge is 2.20. The highest BCUT2D eigenvalue weighted by atomic mass is 19.1. The molecule has 8 heteroatoms. The van der Waals surface area contributed by atoms with E-state index in [4.69, 9.17) is 9.47 Å². The van der Waals surface area contributed by atoms with Crippen molar-refractivity contribution in [2.75, 3.05) is 52.3 Å². The summed E-state index contributed by atoms with van der Waals surface area (Å²) in [6.07, 6.45) is 0. The Labute approximate surface area is 169 Å². The predicted octanol–water partition coefficient (Wildman–Crippen LogP) is 2.74. The standard InChI is InChI=1S/C21H25F2N3O3/c1-28-18-7-6-15(12-19(18)29-2)13-25-8-10-26(11-9-25)14-20(27)24-21-16(22)4-3-5-17(21)23/h3-7,12H,8-11,13-14H2,1-2H3,(H,24,27). The van der Waals surface area contributed by atoms with Crippen LogP contribution in [0.2, 0.25) is 0 Å². The van der Waals surface area contributed by atoms with Gasteiger partial charge in [-0.25, -0.2) is 8.78 Å². The molecule has 3 rings (SSSR count). The van der Waals surface area contributed by atoms with Crippen molar-refractivity contribution in [1.29, 1.82) is 0 Å². The summed E-state index contributed by atoms with van der Waals surface area (Å²) < 4.78 is 37.9. The van der Waals surface area contributed by atoms with Crippen LogP contribution in [0.4, 0.5) is 14.5 Å². The number of hydrogen-bond donors (Lipinski definition) is 1. The van der Waals surface area contributed by atoms with E-state index >= 15 is 0 Å². The van der Waals surface area contributed by atoms with Crippen LogP contribution in [0.1, 0.15) is 5.56 Å². The normalized spacial score (nSPS) is 15.2. The number of halogens is 2. The predicted molar refractivity (Wildman–Crippen MR) is 106 cm³/mol. The molecular formula is C21H25F2N3O3. The van der Waals surface area contributed by atoms with Gasteiger partial charge in [-0.1, -0.05) is 12.1 Å². The van der Waals surface area contributed by atoms with Gasteiger partial charge >= 0.3 is 0 Å². The maximum atomic E-state index is 13.7. The topological polar surface area (TPSA) is 54.0 Å². The van der Waals surface area contributed by atoms with Crippen LogP contribution in [-0.4, -0.2) is 62.7 Å². The molecule has 0 spiro atoms. The summed E-state index contributed by atoms with van der Waals surface area (Å²) in [6.45, 7) is 3.82. The minimum Gasteiger partial charge on any atom is -0.493 e. The van der Waals surface area contributed by atoms with E-state index in [-0.39, 0.29) is 6.54 Å². The minimum absolute atomic E-state index is 0.0952. The number of rotatable bonds is 7. The molecule has 1 saturated heterocycles. The van der Waals surface area contributed by atoms with E-state index in [0.29, 0.717) is 24.6 Å². The quantitative estimate of drug-likeness (QED) is 0.768. The number of piperazine rings is 1. The molecule has 1 aliphatic heterocycles. The Morgan fingerprint density at radius 3 is 2.21 bits per heavy atom. The molecule has 0 aromatic heterocycles. The lowest BCUT2D eigenvalue weighted by Crippen LogP contribution is -2.48. The molecule has 0 bridgehead atoms. The Hall–Kier alpha value is -2.71. The van der Waals surface area contributed by atoms with E-state index in [1.165, 1.54) is 6.07 Å². The van der Waals surface area contributed by atoms with Gasteiger partial charge in [-0.2, -0.15) is 0 Å². The first-order valence-corrected chi connectivity index (χ1v) is 9.39.